The summed E-state index contributed by atoms with van der Waals surface area (Å²) in [6.45, 7) is 2.19. The number of fused-ring (bicyclic) bond motifs is 1. The number of rotatable bonds is 3. The molecule has 2 aromatic carbocycles. The van der Waals surface area contributed by atoms with Crippen LogP contribution >= 0.6 is 0 Å². The maximum atomic E-state index is 6.17. The number of anilines is 2. The highest BCUT2D eigenvalue weighted by Gasteiger charge is 2.05. The van der Waals surface area contributed by atoms with Crippen LogP contribution in [0, 0.1) is 0 Å². The molecule has 0 saturated carbocycles. The first-order valence-corrected chi connectivity index (χ1v) is 5.79. The SMILES string of the molecule is CCCCc1ccc2c(N)cccc2c1N. The first-order chi connectivity index (χ1) is 7.74. The summed E-state index contributed by atoms with van der Waals surface area (Å²) in [4.78, 5) is 0. The molecule has 0 amide bonds. The number of hydrogen-bond donors (Lipinski definition) is 2. The monoisotopic (exact) mass is 214 g/mol. The predicted molar refractivity (Wildman–Crippen MR) is 71.4 cm³/mol. The van der Waals surface area contributed by atoms with Crippen LogP contribution in [-0.4, -0.2) is 0 Å². The Morgan fingerprint density at radius 1 is 1.00 bits per heavy atom. The molecule has 0 aromatic heterocycles. The summed E-state index contributed by atoms with van der Waals surface area (Å²) in [7, 11) is 0. The van der Waals surface area contributed by atoms with Crippen LogP contribution in [0.3, 0.4) is 0 Å². The van der Waals surface area contributed by atoms with Gasteiger partial charge in [-0.1, -0.05) is 37.6 Å². The van der Waals surface area contributed by atoms with Crippen molar-refractivity contribution in [2.45, 2.75) is 26.2 Å². The minimum Gasteiger partial charge on any atom is -0.398 e. The molecule has 84 valence electrons. The summed E-state index contributed by atoms with van der Waals surface area (Å²) in [6, 6.07) is 10.1. The molecule has 0 aliphatic heterocycles. The van der Waals surface area contributed by atoms with E-state index in [1.165, 1.54) is 18.4 Å². The summed E-state index contributed by atoms with van der Waals surface area (Å²) >= 11 is 0. The van der Waals surface area contributed by atoms with E-state index in [1.807, 2.05) is 18.2 Å². The van der Waals surface area contributed by atoms with Crippen LogP contribution in [-0.2, 0) is 6.42 Å². The predicted octanol–water partition coefficient (Wildman–Crippen LogP) is 3.35. The zero-order valence-electron chi connectivity index (χ0n) is 9.66. The van der Waals surface area contributed by atoms with Crippen molar-refractivity contribution >= 4 is 22.1 Å². The van der Waals surface area contributed by atoms with E-state index < -0.39 is 0 Å². The van der Waals surface area contributed by atoms with Gasteiger partial charge in [-0.25, -0.2) is 0 Å². The molecule has 0 aliphatic rings. The molecule has 0 bridgehead atoms. The van der Waals surface area contributed by atoms with Gasteiger partial charge in [0.15, 0.2) is 0 Å². The third kappa shape index (κ3) is 1.83. The van der Waals surface area contributed by atoms with E-state index in [4.69, 9.17) is 11.5 Å². The Bertz CT molecular complexity index is 503. The second kappa shape index (κ2) is 4.44. The highest BCUT2D eigenvalue weighted by atomic mass is 14.6. The quantitative estimate of drug-likeness (QED) is 0.770. The third-order valence-corrected chi connectivity index (χ3v) is 3.03. The molecule has 2 rings (SSSR count). The second-order valence-corrected chi connectivity index (χ2v) is 4.18. The summed E-state index contributed by atoms with van der Waals surface area (Å²) in [5.74, 6) is 0. The Labute approximate surface area is 96.3 Å². The van der Waals surface area contributed by atoms with Crippen molar-refractivity contribution in [3.63, 3.8) is 0 Å². The van der Waals surface area contributed by atoms with E-state index in [1.54, 1.807) is 0 Å². The number of aryl methyl sites for hydroxylation is 1. The van der Waals surface area contributed by atoms with Gasteiger partial charge in [-0.2, -0.15) is 0 Å². The van der Waals surface area contributed by atoms with Crippen molar-refractivity contribution in [1.29, 1.82) is 0 Å². The first-order valence-electron chi connectivity index (χ1n) is 5.79. The molecule has 2 nitrogen and oxygen atoms in total. The lowest BCUT2D eigenvalue weighted by Gasteiger charge is -2.10. The number of hydrogen-bond acceptors (Lipinski definition) is 2. The van der Waals surface area contributed by atoms with E-state index in [9.17, 15) is 0 Å². The van der Waals surface area contributed by atoms with Gasteiger partial charge in [-0.15, -0.1) is 0 Å². The maximum Gasteiger partial charge on any atom is 0.0427 e. The van der Waals surface area contributed by atoms with Gasteiger partial charge in [-0.05, 0) is 24.5 Å². The molecule has 0 heterocycles. The summed E-state index contributed by atoms with van der Waals surface area (Å²) in [6.07, 6.45) is 3.42. The van der Waals surface area contributed by atoms with Gasteiger partial charge in [0, 0.05) is 22.1 Å². The fourth-order valence-corrected chi connectivity index (χ4v) is 2.04. The van der Waals surface area contributed by atoms with E-state index in [-0.39, 0.29) is 0 Å². The van der Waals surface area contributed by atoms with Gasteiger partial charge in [0.25, 0.3) is 0 Å². The summed E-state index contributed by atoms with van der Waals surface area (Å²) in [5, 5.41) is 2.13. The van der Waals surface area contributed by atoms with Crippen LogP contribution in [0.5, 0.6) is 0 Å². The first kappa shape index (κ1) is 10.8. The lowest BCUT2D eigenvalue weighted by Crippen LogP contribution is -1.97. The van der Waals surface area contributed by atoms with Crippen molar-refractivity contribution in [3.8, 4) is 0 Å². The largest absolute Gasteiger partial charge is 0.398 e. The average molecular weight is 214 g/mol. The van der Waals surface area contributed by atoms with Crippen LogP contribution in [0.2, 0.25) is 0 Å². The molecule has 0 spiro atoms. The molecule has 2 heteroatoms. The Morgan fingerprint density at radius 3 is 2.56 bits per heavy atom. The molecule has 0 aliphatic carbocycles. The van der Waals surface area contributed by atoms with Gasteiger partial charge >= 0.3 is 0 Å². The van der Waals surface area contributed by atoms with E-state index >= 15 is 0 Å². The molecule has 0 unspecified atom stereocenters. The third-order valence-electron chi connectivity index (χ3n) is 3.03. The molecular formula is C14H18N2. The topological polar surface area (TPSA) is 52.0 Å². The fourth-order valence-electron chi connectivity index (χ4n) is 2.04. The maximum absolute atomic E-state index is 6.17. The highest BCUT2D eigenvalue weighted by molar-refractivity contribution is 6.01. The Morgan fingerprint density at radius 2 is 1.81 bits per heavy atom. The second-order valence-electron chi connectivity index (χ2n) is 4.18. The van der Waals surface area contributed by atoms with Crippen molar-refractivity contribution in [1.82, 2.24) is 0 Å². The lowest BCUT2D eigenvalue weighted by atomic mass is 9.99. The highest BCUT2D eigenvalue weighted by Crippen LogP contribution is 2.29. The van der Waals surface area contributed by atoms with Crippen LogP contribution < -0.4 is 11.5 Å². The zero-order valence-corrected chi connectivity index (χ0v) is 9.66. The number of nitrogens with two attached hydrogens (primary N) is 2. The van der Waals surface area contributed by atoms with Gasteiger partial charge in [0.05, 0.1) is 0 Å². The molecule has 0 atom stereocenters. The van der Waals surface area contributed by atoms with Crippen LogP contribution in [0.4, 0.5) is 11.4 Å². The van der Waals surface area contributed by atoms with E-state index in [0.717, 1.165) is 28.6 Å². The van der Waals surface area contributed by atoms with Crippen LogP contribution in [0.25, 0.3) is 10.8 Å². The smallest absolute Gasteiger partial charge is 0.0427 e. The number of benzene rings is 2. The number of unbranched alkanes of at least 4 members (excludes halogenated alkanes) is 1. The summed E-state index contributed by atoms with van der Waals surface area (Å²) in [5.41, 5.74) is 15.0. The minimum absolute atomic E-state index is 0.797. The molecular weight excluding hydrogens is 196 g/mol. The molecule has 4 N–H and O–H groups in total. The van der Waals surface area contributed by atoms with Gasteiger partial charge in [-0.3, -0.25) is 0 Å². The van der Waals surface area contributed by atoms with Crippen molar-refractivity contribution < 1.29 is 0 Å². The van der Waals surface area contributed by atoms with Gasteiger partial charge in [0.2, 0.25) is 0 Å². The Kier molecular flexibility index (Phi) is 3.00. The molecule has 0 radical (unpaired) electrons. The molecule has 16 heavy (non-hydrogen) atoms. The molecule has 0 fully saturated rings. The van der Waals surface area contributed by atoms with Gasteiger partial charge in [0.1, 0.15) is 0 Å². The van der Waals surface area contributed by atoms with Gasteiger partial charge < -0.3 is 11.5 Å². The molecule has 2 aromatic rings. The average Bonchev–Trinajstić information content (AvgIpc) is 2.29. The lowest BCUT2D eigenvalue weighted by molar-refractivity contribution is 0.797. The summed E-state index contributed by atoms with van der Waals surface area (Å²) < 4.78 is 0. The van der Waals surface area contributed by atoms with Crippen molar-refractivity contribution in [2.75, 3.05) is 11.5 Å². The Balaban J connectivity index is 2.52. The van der Waals surface area contributed by atoms with Crippen LogP contribution in [0.1, 0.15) is 25.3 Å². The zero-order chi connectivity index (χ0) is 11.5. The normalized spacial score (nSPS) is 10.8. The standard InChI is InChI=1S/C14H18N2/c1-2-3-5-10-8-9-11-12(14(10)16)6-4-7-13(11)15/h4,6-9H,2-3,5,15-16H2,1H3. The number of nitrogen functional groups attached to an aromatic ring is 2. The fraction of sp³-hybridized carbons (Fsp3) is 0.286. The minimum atomic E-state index is 0.797. The van der Waals surface area contributed by atoms with Crippen LogP contribution in [0.15, 0.2) is 30.3 Å². The Hall–Kier alpha value is -1.70. The van der Waals surface area contributed by atoms with E-state index in [2.05, 4.69) is 19.1 Å². The van der Waals surface area contributed by atoms with Crippen molar-refractivity contribution in [3.05, 3.63) is 35.9 Å². The molecule has 0 saturated heterocycles. The van der Waals surface area contributed by atoms with Crippen molar-refractivity contribution in [2.24, 2.45) is 0 Å². The van der Waals surface area contributed by atoms with E-state index in [0.29, 0.717) is 0 Å².